The van der Waals surface area contributed by atoms with Crippen LogP contribution in [0.4, 0.5) is 17.1 Å². The molecule has 0 bridgehead atoms. The Hall–Kier alpha value is -6.71. The molecule has 10 aromatic rings. The van der Waals surface area contributed by atoms with E-state index in [1.807, 2.05) is 6.20 Å². The van der Waals surface area contributed by atoms with E-state index >= 15 is 0 Å². The summed E-state index contributed by atoms with van der Waals surface area (Å²) in [7, 11) is 0. The number of aryl methyl sites for hydroxylation is 6. The van der Waals surface area contributed by atoms with Gasteiger partial charge in [0.2, 0.25) is 6.71 Å². The molecule has 3 heteroatoms. The largest absolute Gasteiger partial charge is 0.309 e. The van der Waals surface area contributed by atoms with E-state index in [2.05, 4.69) is 204 Å². The number of para-hydroxylation sites is 2. The van der Waals surface area contributed by atoms with Crippen molar-refractivity contribution in [2.45, 2.75) is 41.5 Å². The summed E-state index contributed by atoms with van der Waals surface area (Å²) in [6, 6.07) is 58.0. The molecule has 0 aliphatic rings. The highest BCUT2D eigenvalue weighted by atomic mass is 15.1. The van der Waals surface area contributed by atoms with Gasteiger partial charge < -0.3 is 4.90 Å². The Bertz CT molecular complexity index is 3020. The van der Waals surface area contributed by atoms with Gasteiger partial charge in [-0.1, -0.05) is 171 Å². The molecule has 2 nitrogen and oxygen atoms in total. The van der Waals surface area contributed by atoms with Crippen molar-refractivity contribution >= 4 is 83.3 Å². The third kappa shape index (κ3) is 5.76. The van der Waals surface area contributed by atoms with Crippen molar-refractivity contribution in [1.29, 1.82) is 0 Å². The number of anilines is 3. The molecule has 58 heavy (non-hydrogen) atoms. The van der Waals surface area contributed by atoms with E-state index in [0.29, 0.717) is 0 Å². The van der Waals surface area contributed by atoms with Crippen LogP contribution in [0.2, 0.25) is 0 Å². The minimum atomic E-state index is 0.0721. The molecule has 1 aromatic heterocycles. The Labute approximate surface area is 341 Å². The number of fused-ring (bicyclic) bond motifs is 3. The van der Waals surface area contributed by atoms with Gasteiger partial charge in [0.25, 0.3) is 0 Å². The normalized spacial score (nSPS) is 11.6. The summed E-state index contributed by atoms with van der Waals surface area (Å²) < 4.78 is 0. The van der Waals surface area contributed by atoms with Crippen molar-refractivity contribution < 1.29 is 0 Å². The van der Waals surface area contributed by atoms with Gasteiger partial charge in [-0.2, -0.15) is 0 Å². The lowest BCUT2D eigenvalue weighted by molar-refractivity contribution is 1.23. The maximum absolute atomic E-state index is 5.25. The fourth-order valence-corrected chi connectivity index (χ4v) is 10.2. The molecule has 0 amide bonds. The molecular formula is C55H45BN2. The Morgan fingerprint density at radius 2 is 0.931 bits per heavy atom. The molecule has 0 unspecified atom stereocenters. The fourth-order valence-electron chi connectivity index (χ4n) is 10.2. The minimum Gasteiger partial charge on any atom is -0.309 e. The third-order valence-corrected chi connectivity index (χ3v) is 12.4. The first-order valence-electron chi connectivity index (χ1n) is 20.4. The zero-order valence-electron chi connectivity index (χ0n) is 34.1. The topological polar surface area (TPSA) is 16.1 Å². The summed E-state index contributed by atoms with van der Waals surface area (Å²) in [6.45, 7) is 13.7. The molecule has 0 radical (unpaired) electrons. The van der Waals surface area contributed by atoms with Crippen LogP contribution in [0, 0.1) is 41.5 Å². The van der Waals surface area contributed by atoms with E-state index in [1.165, 1.54) is 92.9 Å². The predicted molar refractivity (Wildman–Crippen MR) is 252 cm³/mol. The molecular weight excluding hydrogens is 699 g/mol. The van der Waals surface area contributed by atoms with Gasteiger partial charge in [-0.05, 0) is 116 Å². The van der Waals surface area contributed by atoms with Crippen LogP contribution in [0.25, 0.3) is 54.3 Å². The maximum atomic E-state index is 5.25. The fraction of sp³-hybridized carbons (Fsp3) is 0.109. The Morgan fingerprint density at radius 1 is 0.414 bits per heavy atom. The monoisotopic (exact) mass is 744 g/mol. The summed E-state index contributed by atoms with van der Waals surface area (Å²) in [5.41, 5.74) is 17.5. The lowest BCUT2D eigenvalue weighted by Crippen LogP contribution is -2.56. The zero-order valence-corrected chi connectivity index (χ0v) is 34.1. The minimum absolute atomic E-state index is 0.0721. The number of hydrogen-bond donors (Lipinski definition) is 0. The molecule has 0 aliphatic heterocycles. The van der Waals surface area contributed by atoms with Crippen LogP contribution in [0.5, 0.6) is 0 Å². The summed E-state index contributed by atoms with van der Waals surface area (Å²) in [5.74, 6) is 0. The second-order valence-electron chi connectivity index (χ2n) is 16.3. The Balaban J connectivity index is 1.23. The van der Waals surface area contributed by atoms with Crippen molar-refractivity contribution in [2.75, 3.05) is 4.90 Å². The molecule has 0 spiro atoms. The Kier molecular flexibility index (Phi) is 8.64. The van der Waals surface area contributed by atoms with E-state index < -0.39 is 0 Å². The summed E-state index contributed by atoms with van der Waals surface area (Å²) in [5, 5.41) is 10.3. The molecule has 0 atom stereocenters. The van der Waals surface area contributed by atoms with Gasteiger partial charge in [-0.25, -0.2) is 0 Å². The number of nitrogens with zero attached hydrogens (tertiary/aromatic N) is 2. The molecule has 0 saturated carbocycles. The van der Waals surface area contributed by atoms with Gasteiger partial charge in [0.15, 0.2) is 0 Å². The van der Waals surface area contributed by atoms with Crippen molar-refractivity contribution in [2.24, 2.45) is 0 Å². The van der Waals surface area contributed by atoms with E-state index in [-0.39, 0.29) is 6.71 Å². The van der Waals surface area contributed by atoms with Gasteiger partial charge in [0.1, 0.15) is 0 Å². The predicted octanol–water partition coefficient (Wildman–Crippen LogP) is 12.6. The molecule has 9 aromatic carbocycles. The molecule has 0 N–H and O–H groups in total. The van der Waals surface area contributed by atoms with Crippen LogP contribution in [-0.2, 0) is 0 Å². The number of pyridine rings is 1. The Morgan fingerprint density at radius 3 is 1.50 bits per heavy atom. The molecule has 0 fully saturated rings. The van der Waals surface area contributed by atoms with Crippen LogP contribution >= 0.6 is 0 Å². The molecule has 0 aliphatic carbocycles. The first-order valence-corrected chi connectivity index (χ1v) is 20.4. The van der Waals surface area contributed by atoms with E-state index in [1.54, 1.807) is 0 Å². The third-order valence-electron chi connectivity index (χ3n) is 12.4. The lowest BCUT2D eigenvalue weighted by atomic mass is 9.33. The van der Waals surface area contributed by atoms with Crippen molar-refractivity contribution in [3.63, 3.8) is 0 Å². The average molecular weight is 745 g/mol. The highest BCUT2D eigenvalue weighted by Crippen LogP contribution is 2.44. The summed E-state index contributed by atoms with van der Waals surface area (Å²) >= 11 is 0. The van der Waals surface area contributed by atoms with Crippen LogP contribution in [-0.4, -0.2) is 11.7 Å². The summed E-state index contributed by atoms with van der Waals surface area (Å²) in [4.78, 5) is 7.51. The van der Waals surface area contributed by atoms with Gasteiger partial charge in [-0.3, -0.25) is 4.98 Å². The maximum Gasteiger partial charge on any atom is 0.243 e. The van der Waals surface area contributed by atoms with Crippen LogP contribution in [0.1, 0.15) is 33.4 Å². The SMILES string of the molecule is Cc1cc(C)c(B(c2c(C)cc(C)cc2C)c2ccc3c4ccccc4c4c(-c5ccc(N(c6ccccc6)c6ccccc6)cn5)ccc5ccc2c3c54)c(C)c1. The lowest BCUT2D eigenvalue weighted by Gasteiger charge is -2.27. The quantitative estimate of drug-likeness (QED) is 0.0918. The van der Waals surface area contributed by atoms with Crippen LogP contribution in [0.15, 0.2) is 164 Å². The molecule has 0 saturated heterocycles. The zero-order chi connectivity index (χ0) is 39.7. The van der Waals surface area contributed by atoms with Gasteiger partial charge >= 0.3 is 0 Å². The van der Waals surface area contributed by atoms with Gasteiger partial charge in [-0.15, -0.1) is 0 Å². The number of benzene rings is 9. The molecule has 278 valence electrons. The van der Waals surface area contributed by atoms with Gasteiger partial charge in [0, 0.05) is 22.3 Å². The second-order valence-corrected chi connectivity index (χ2v) is 16.3. The van der Waals surface area contributed by atoms with E-state index in [9.17, 15) is 0 Å². The van der Waals surface area contributed by atoms with Crippen molar-refractivity contribution in [3.8, 4) is 11.3 Å². The van der Waals surface area contributed by atoms with Crippen molar-refractivity contribution in [1.82, 2.24) is 4.98 Å². The highest BCUT2D eigenvalue weighted by Gasteiger charge is 2.31. The highest BCUT2D eigenvalue weighted by molar-refractivity contribution is 6.98. The second kappa shape index (κ2) is 14.0. The van der Waals surface area contributed by atoms with E-state index in [0.717, 1.165) is 28.3 Å². The summed E-state index contributed by atoms with van der Waals surface area (Å²) in [6.07, 6.45) is 2.02. The first-order chi connectivity index (χ1) is 28.3. The van der Waals surface area contributed by atoms with E-state index in [4.69, 9.17) is 4.98 Å². The van der Waals surface area contributed by atoms with Gasteiger partial charge in [0.05, 0.1) is 17.6 Å². The number of hydrogen-bond acceptors (Lipinski definition) is 2. The smallest absolute Gasteiger partial charge is 0.243 e. The van der Waals surface area contributed by atoms with Crippen LogP contribution in [0.3, 0.4) is 0 Å². The van der Waals surface area contributed by atoms with Crippen molar-refractivity contribution in [3.05, 3.63) is 197 Å². The number of aromatic nitrogens is 1. The molecule has 1 heterocycles. The average Bonchev–Trinajstić information content (AvgIpc) is 3.23. The van der Waals surface area contributed by atoms with Crippen LogP contribution < -0.4 is 21.3 Å². The number of rotatable bonds is 7. The molecule has 10 rings (SSSR count). The standard InChI is InChI=1S/C55H45BN2/c1-34-29-36(3)54(37(4)30-34)56(55-38(5)31-35(2)32-39(55)6)49-27-26-46-44-19-13-14-20-45(44)53-48(25-22-40-21-24-47(49)52(46)51(40)53)50-28-23-43(33-57-50)58(41-15-9-7-10-16-41)42-17-11-8-12-18-42/h7-33H,1-6H3. The first kappa shape index (κ1) is 35.7.